The van der Waals surface area contributed by atoms with Gasteiger partial charge in [-0.2, -0.15) is 15.0 Å². The summed E-state index contributed by atoms with van der Waals surface area (Å²) in [5.74, 6) is 0.754. The molecule has 2 fully saturated rings. The number of rotatable bonds is 3. The minimum atomic E-state index is -0.271. The molecule has 1 aromatic heterocycles. The van der Waals surface area contributed by atoms with Crippen LogP contribution in [0.25, 0.3) is 0 Å². The van der Waals surface area contributed by atoms with Crippen molar-refractivity contribution in [2.75, 3.05) is 36.0 Å². The van der Waals surface area contributed by atoms with Crippen molar-refractivity contribution >= 4 is 29.4 Å². The number of hydrogen-bond acceptors (Lipinski definition) is 6. The molecule has 0 saturated carbocycles. The lowest BCUT2D eigenvalue weighted by atomic mass is 10.1. The highest BCUT2D eigenvalue weighted by atomic mass is 35.5. The molecule has 1 atom stereocenters. The zero-order chi connectivity index (χ0) is 14.1. The fraction of sp³-hybridized carbons (Fsp3) is 0.667. The van der Waals surface area contributed by atoms with E-state index < -0.39 is 0 Å². The SMILES string of the molecule is NC(=O)C1CCN(c2nc(Cl)nc(N3CCCC3)n2)C1. The second-order valence-electron chi connectivity index (χ2n) is 5.23. The van der Waals surface area contributed by atoms with Gasteiger partial charge in [0.25, 0.3) is 0 Å². The Labute approximate surface area is 122 Å². The first-order valence-electron chi connectivity index (χ1n) is 6.84. The van der Waals surface area contributed by atoms with Crippen molar-refractivity contribution in [1.29, 1.82) is 0 Å². The van der Waals surface area contributed by atoms with Gasteiger partial charge in [-0.15, -0.1) is 0 Å². The van der Waals surface area contributed by atoms with Crippen LogP contribution >= 0.6 is 11.6 Å². The largest absolute Gasteiger partial charge is 0.369 e. The molecule has 2 saturated heterocycles. The monoisotopic (exact) mass is 296 g/mol. The van der Waals surface area contributed by atoms with E-state index in [1.54, 1.807) is 0 Å². The summed E-state index contributed by atoms with van der Waals surface area (Å²) >= 11 is 6.00. The molecule has 1 aromatic rings. The smallest absolute Gasteiger partial charge is 0.231 e. The summed E-state index contributed by atoms with van der Waals surface area (Å²) in [5.41, 5.74) is 5.34. The molecular formula is C12H17ClN6O. The Morgan fingerprint density at radius 2 is 1.75 bits per heavy atom. The maximum absolute atomic E-state index is 11.2. The number of nitrogens with zero attached hydrogens (tertiary/aromatic N) is 5. The van der Waals surface area contributed by atoms with E-state index >= 15 is 0 Å². The van der Waals surface area contributed by atoms with E-state index in [2.05, 4.69) is 19.9 Å². The summed E-state index contributed by atoms with van der Waals surface area (Å²) in [4.78, 5) is 28.1. The number of nitrogens with two attached hydrogens (primary N) is 1. The molecule has 2 aliphatic heterocycles. The molecule has 0 aliphatic carbocycles. The van der Waals surface area contributed by atoms with Crippen molar-refractivity contribution in [3.05, 3.63) is 5.28 Å². The Kier molecular flexibility index (Phi) is 3.60. The molecule has 0 aromatic carbocycles. The molecule has 3 rings (SSSR count). The topological polar surface area (TPSA) is 88.2 Å². The zero-order valence-electron chi connectivity index (χ0n) is 11.1. The molecule has 0 radical (unpaired) electrons. The lowest BCUT2D eigenvalue weighted by Gasteiger charge is -2.19. The first kappa shape index (κ1) is 13.4. The Morgan fingerprint density at radius 1 is 1.10 bits per heavy atom. The number of carbonyl (C=O) groups excluding carboxylic acids is 1. The van der Waals surface area contributed by atoms with E-state index in [1.165, 1.54) is 0 Å². The molecule has 7 nitrogen and oxygen atoms in total. The second kappa shape index (κ2) is 5.40. The van der Waals surface area contributed by atoms with Gasteiger partial charge >= 0.3 is 0 Å². The molecule has 1 amide bonds. The molecule has 2 aliphatic rings. The third-order valence-corrected chi connectivity index (χ3v) is 4.02. The number of anilines is 2. The molecule has 3 heterocycles. The standard InChI is InChI=1S/C12H17ClN6O/c13-10-15-11(18-4-1-2-5-18)17-12(16-10)19-6-3-8(7-19)9(14)20/h8H,1-7H2,(H2,14,20). The Morgan fingerprint density at radius 3 is 2.35 bits per heavy atom. The fourth-order valence-corrected chi connectivity index (χ4v) is 2.85. The van der Waals surface area contributed by atoms with Crippen molar-refractivity contribution in [3.8, 4) is 0 Å². The molecule has 8 heteroatoms. The van der Waals surface area contributed by atoms with E-state index in [4.69, 9.17) is 17.3 Å². The highest BCUT2D eigenvalue weighted by Gasteiger charge is 2.29. The lowest BCUT2D eigenvalue weighted by molar-refractivity contribution is -0.121. The summed E-state index contributed by atoms with van der Waals surface area (Å²) in [7, 11) is 0. The number of carbonyl (C=O) groups is 1. The minimum absolute atomic E-state index is 0.138. The number of primary amides is 1. The molecule has 108 valence electrons. The maximum Gasteiger partial charge on any atom is 0.231 e. The van der Waals surface area contributed by atoms with Crippen LogP contribution in [0.2, 0.25) is 5.28 Å². The van der Waals surface area contributed by atoms with Crippen molar-refractivity contribution in [3.63, 3.8) is 0 Å². The fourth-order valence-electron chi connectivity index (χ4n) is 2.70. The third kappa shape index (κ3) is 2.63. The highest BCUT2D eigenvalue weighted by molar-refractivity contribution is 6.28. The number of aromatic nitrogens is 3. The summed E-state index contributed by atoms with van der Waals surface area (Å²) in [6.07, 6.45) is 3.02. The highest BCUT2D eigenvalue weighted by Crippen LogP contribution is 2.24. The third-order valence-electron chi connectivity index (χ3n) is 3.85. The Balaban J connectivity index is 1.81. The van der Waals surface area contributed by atoms with Crippen LogP contribution in [0.1, 0.15) is 19.3 Å². The van der Waals surface area contributed by atoms with Crippen LogP contribution in [0.4, 0.5) is 11.9 Å². The van der Waals surface area contributed by atoms with Crippen molar-refractivity contribution in [1.82, 2.24) is 15.0 Å². The second-order valence-corrected chi connectivity index (χ2v) is 5.57. The molecule has 2 N–H and O–H groups in total. The number of amides is 1. The van der Waals surface area contributed by atoms with Gasteiger partial charge in [-0.1, -0.05) is 0 Å². The van der Waals surface area contributed by atoms with Gasteiger partial charge in [-0.3, -0.25) is 4.79 Å². The van der Waals surface area contributed by atoms with Gasteiger partial charge < -0.3 is 15.5 Å². The van der Waals surface area contributed by atoms with Gasteiger partial charge in [0.05, 0.1) is 5.92 Å². The van der Waals surface area contributed by atoms with Crippen LogP contribution in [0, 0.1) is 5.92 Å². The first-order chi connectivity index (χ1) is 9.63. The quantitative estimate of drug-likeness (QED) is 0.870. The summed E-state index contributed by atoms with van der Waals surface area (Å²) in [6, 6.07) is 0. The van der Waals surface area contributed by atoms with Crippen molar-refractivity contribution in [2.45, 2.75) is 19.3 Å². The predicted molar refractivity (Wildman–Crippen MR) is 75.8 cm³/mol. The molecule has 0 bridgehead atoms. The van der Waals surface area contributed by atoms with Crippen LogP contribution < -0.4 is 15.5 Å². The Bertz CT molecular complexity index is 519. The molecule has 1 unspecified atom stereocenters. The summed E-state index contributed by atoms with van der Waals surface area (Å²) in [6.45, 7) is 3.16. The van der Waals surface area contributed by atoms with Gasteiger partial charge in [0.2, 0.25) is 23.1 Å². The summed E-state index contributed by atoms with van der Waals surface area (Å²) < 4.78 is 0. The lowest BCUT2D eigenvalue weighted by Crippen LogP contribution is -2.29. The van der Waals surface area contributed by atoms with E-state index in [1.807, 2.05) is 4.90 Å². The van der Waals surface area contributed by atoms with Crippen molar-refractivity contribution in [2.24, 2.45) is 11.7 Å². The number of hydrogen-bond donors (Lipinski definition) is 1. The van der Waals surface area contributed by atoms with Crippen LogP contribution in [-0.4, -0.2) is 47.0 Å². The average molecular weight is 297 g/mol. The minimum Gasteiger partial charge on any atom is -0.369 e. The van der Waals surface area contributed by atoms with E-state index in [-0.39, 0.29) is 17.1 Å². The molecule has 0 spiro atoms. The van der Waals surface area contributed by atoms with E-state index in [0.717, 1.165) is 32.4 Å². The summed E-state index contributed by atoms with van der Waals surface area (Å²) in [5, 5.41) is 0.194. The first-order valence-corrected chi connectivity index (χ1v) is 7.22. The Hall–Kier alpha value is -1.63. The number of halogens is 1. The van der Waals surface area contributed by atoms with E-state index in [9.17, 15) is 4.79 Å². The van der Waals surface area contributed by atoms with Gasteiger partial charge in [0.1, 0.15) is 0 Å². The van der Waals surface area contributed by atoms with Gasteiger partial charge in [-0.05, 0) is 30.9 Å². The normalized spacial score (nSPS) is 22.6. The van der Waals surface area contributed by atoms with Crippen LogP contribution in [0.3, 0.4) is 0 Å². The molecular weight excluding hydrogens is 280 g/mol. The molecule has 20 heavy (non-hydrogen) atoms. The van der Waals surface area contributed by atoms with Crippen molar-refractivity contribution < 1.29 is 4.79 Å². The van der Waals surface area contributed by atoms with Crippen LogP contribution in [-0.2, 0) is 4.79 Å². The van der Waals surface area contributed by atoms with Crippen LogP contribution in [0.5, 0.6) is 0 Å². The van der Waals surface area contributed by atoms with Crippen LogP contribution in [0.15, 0.2) is 0 Å². The van der Waals surface area contributed by atoms with Gasteiger partial charge in [0, 0.05) is 26.2 Å². The van der Waals surface area contributed by atoms with Gasteiger partial charge in [-0.25, -0.2) is 0 Å². The predicted octanol–water partition coefficient (Wildman–Crippen LogP) is 0.437. The van der Waals surface area contributed by atoms with Gasteiger partial charge in [0.15, 0.2) is 0 Å². The zero-order valence-corrected chi connectivity index (χ0v) is 11.9. The van der Waals surface area contributed by atoms with E-state index in [0.29, 0.717) is 25.0 Å². The average Bonchev–Trinajstić information content (AvgIpc) is 3.10. The maximum atomic E-state index is 11.2.